The first-order chi connectivity index (χ1) is 14.8. The van der Waals surface area contributed by atoms with Crippen molar-refractivity contribution in [1.82, 2.24) is 5.32 Å². The Morgan fingerprint density at radius 1 is 1.29 bits per heavy atom. The molecule has 0 radical (unpaired) electrons. The van der Waals surface area contributed by atoms with E-state index in [4.69, 9.17) is 4.74 Å². The molecule has 1 unspecified atom stereocenters. The average Bonchev–Trinajstić information content (AvgIpc) is 3.26. The number of amides is 3. The Kier molecular flexibility index (Phi) is 5.12. The number of anilines is 2. The minimum absolute atomic E-state index is 0.0992. The van der Waals surface area contributed by atoms with Crippen LogP contribution in [-0.2, 0) is 14.3 Å². The lowest BCUT2D eigenvalue weighted by atomic mass is 10.0. The second-order valence-corrected chi connectivity index (χ2v) is 7.14. The summed E-state index contributed by atoms with van der Waals surface area (Å²) in [5.41, 5.74) is 2.51. The molecule has 0 saturated carbocycles. The lowest BCUT2D eigenvalue weighted by Gasteiger charge is -2.13. The topological polar surface area (TPSA) is 131 Å². The fourth-order valence-corrected chi connectivity index (χ4v) is 3.45. The van der Waals surface area contributed by atoms with Crippen molar-refractivity contribution >= 4 is 46.6 Å². The number of fused-ring (bicyclic) bond motifs is 1. The predicted octanol–water partition coefficient (Wildman–Crippen LogP) is 2.55. The maximum Gasteiger partial charge on any atom is 0.414 e. The van der Waals surface area contributed by atoms with Gasteiger partial charge in [-0.1, -0.05) is 12.1 Å². The van der Waals surface area contributed by atoms with Gasteiger partial charge in [-0.2, -0.15) is 0 Å². The molecule has 10 heteroatoms. The highest BCUT2D eigenvalue weighted by molar-refractivity contribution is 6.35. The van der Waals surface area contributed by atoms with E-state index in [2.05, 4.69) is 10.6 Å². The summed E-state index contributed by atoms with van der Waals surface area (Å²) in [4.78, 5) is 47.5. The molecule has 1 atom stereocenters. The minimum Gasteiger partial charge on any atom is -0.442 e. The average molecular weight is 422 g/mol. The number of nitrogens with one attached hydrogen (secondary N) is 2. The van der Waals surface area contributed by atoms with Crippen LogP contribution in [0.2, 0.25) is 0 Å². The zero-order valence-corrected chi connectivity index (χ0v) is 16.5. The normalized spacial score (nSPS) is 18.5. The smallest absolute Gasteiger partial charge is 0.414 e. The molecule has 158 valence electrons. The van der Waals surface area contributed by atoms with Crippen LogP contribution in [0.1, 0.15) is 18.1 Å². The van der Waals surface area contributed by atoms with Gasteiger partial charge in [-0.3, -0.25) is 24.6 Å². The molecule has 0 aromatic heterocycles. The maximum atomic E-state index is 12.3. The molecule has 2 N–H and O–H groups in total. The Morgan fingerprint density at radius 2 is 2.03 bits per heavy atom. The van der Waals surface area contributed by atoms with E-state index in [0.29, 0.717) is 34.6 Å². The number of hydrogen-bond donors (Lipinski definition) is 2. The fourth-order valence-electron chi connectivity index (χ4n) is 3.45. The van der Waals surface area contributed by atoms with Crippen molar-refractivity contribution in [2.75, 3.05) is 23.3 Å². The van der Waals surface area contributed by atoms with Crippen molar-refractivity contribution in [1.29, 1.82) is 0 Å². The molecule has 31 heavy (non-hydrogen) atoms. The highest BCUT2D eigenvalue weighted by atomic mass is 16.6. The van der Waals surface area contributed by atoms with Crippen molar-refractivity contribution in [2.24, 2.45) is 0 Å². The van der Waals surface area contributed by atoms with Crippen molar-refractivity contribution in [3.8, 4) is 0 Å². The number of nitro groups is 1. The Bertz CT molecular complexity index is 1130. The van der Waals surface area contributed by atoms with E-state index in [9.17, 15) is 24.5 Å². The van der Waals surface area contributed by atoms with E-state index in [1.165, 1.54) is 30.0 Å². The summed E-state index contributed by atoms with van der Waals surface area (Å²) in [6.45, 7) is 1.93. The van der Waals surface area contributed by atoms with E-state index in [1.54, 1.807) is 30.3 Å². The Hall–Kier alpha value is -4.21. The van der Waals surface area contributed by atoms with Gasteiger partial charge in [0.15, 0.2) is 0 Å². The first kappa shape index (κ1) is 20.1. The number of carbonyl (C=O) groups excluding carboxylic acids is 3. The van der Waals surface area contributed by atoms with Gasteiger partial charge < -0.3 is 15.4 Å². The van der Waals surface area contributed by atoms with Crippen molar-refractivity contribution in [3.63, 3.8) is 0 Å². The largest absolute Gasteiger partial charge is 0.442 e. The highest BCUT2D eigenvalue weighted by Gasteiger charge is 2.32. The van der Waals surface area contributed by atoms with Gasteiger partial charge in [0.2, 0.25) is 5.91 Å². The van der Waals surface area contributed by atoms with E-state index >= 15 is 0 Å². The number of rotatable bonds is 5. The van der Waals surface area contributed by atoms with Crippen LogP contribution in [0.4, 0.5) is 21.9 Å². The third-order valence-corrected chi connectivity index (χ3v) is 4.97. The fraction of sp³-hybridized carbons (Fsp3) is 0.190. The summed E-state index contributed by atoms with van der Waals surface area (Å²) >= 11 is 0. The zero-order valence-electron chi connectivity index (χ0n) is 16.5. The van der Waals surface area contributed by atoms with Crippen molar-refractivity contribution in [3.05, 3.63) is 63.7 Å². The molecule has 2 aliphatic rings. The third kappa shape index (κ3) is 4.08. The molecular weight excluding hydrogens is 404 g/mol. The highest BCUT2D eigenvalue weighted by Crippen LogP contribution is 2.35. The molecule has 0 bridgehead atoms. The standard InChI is InChI=1S/C21H18N4O6/c1-12(26)22-10-16-11-24(21(28)31-16)14-4-2-13(3-5-14)8-18-17-9-15(25(29)30)6-7-19(17)23-20(18)27/h2-9,16H,10-11H2,1H3,(H,22,26)(H,23,27)/b18-8+. The number of benzene rings is 2. The van der Waals surface area contributed by atoms with Gasteiger partial charge in [0, 0.05) is 41.6 Å². The van der Waals surface area contributed by atoms with Crippen molar-refractivity contribution < 1.29 is 24.0 Å². The first-order valence-corrected chi connectivity index (χ1v) is 9.46. The number of hydrogen-bond acceptors (Lipinski definition) is 6. The number of non-ortho nitro benzene ring substituents is 1. The number of carbonyl (C=O) groups is 3. The number of nitrogens with zero attached hydrogens (tertiary/aromatic N) is 2. The summed E-state index contributed by atoms with van der Waals surface area (Å²) in [7, 11) is 0. The quantitative estimate of drug-likeness (QED) is 0.433. The molecule has 0 spiro atoms. The number of ether oxygens (including phenoxy) is 1. The first-order valence-electron chi connectivity index (χ1n) is 9.46. The van der Waals surface area contributed by atoms with Crippen LogP contribution in [-0.4, -0.2) is 42.0 Å². The summed E-state index contributed by atoms with van der Waals surface area (Å²) in [6.07, 6.45) is 0.696. The van der Waals surface area contributed by atoms with Crippen molar-refractivity contribution in [2.45, 2.75) is 13.0 Å². The van der Waals surface area contributed by atoms with Gasteiger partial charge in [-0.05, 0) is 29.8 Å². The van der Waals surface area contributed by atoms with E-state index in [0.717, 1.165) is 0 Å². The zero-order chi connectivity index (χ0) is 22.1. The molecule has 2 aliphatic heterocycles. The second-order valence-electron chi connectivity index (χ2n) is 7.14. The van der Waals surface area contributed by atoms with Crippen LogP contribution >= 0.6 is 0 Å². The lowest BCUT2D eigenvalue weighted by molar-refractivity contribution is -0.384. The summed E-state index contributed by atoms with van der Waals surface area (Å²) in [5, 5.41) is 16.4. The van der Waals surface area contributed by atoms with Crippen LogP contribution in [0.15, 0.2) is 42.5 Å². The summed E-state index contributed by atoms with van der Waals surface area (Å²) in [5.74, 6) is -0.543. The van der Waals surface area contributed by atoms with Gasteiger partial charge in [0.25, 0.3) is 11.6 Å². The number of cyclic esters (lactones) is 1. The third-order valence-electron chi connectivity index (χ3n) is 4.97. The Balaban J connectivity index is 1.53. The van der Waals surface area contributed by atoms with Gasteiger partial charge in [0.05, 0.1) is 18.0 Å². The van der Waals surface area contributed by atoms with Gasteiger partial charge in [-0.15, -0.1) is 0 Å². The van der Waals surface area contributed by atoms with Crippen LogP contribution in [0.25, 0.3) is 11.6 Å². The minimum atomic E-state index is -0.510. The van der Waals surface area contributed by atoms with E-state index < -0.39 is 17.1 Å². The molecule has 3 amide bonds. The van der Waals surface area contributed by atoms with Crippen LogP contribution < -0.4 is 15.5 Å². The van der Waals surface area contributed by atoms with Crippen LogP contribution in [0.3, 0.4) is 0 Å². The van der Waals surface area contributed by atoms with Crippen LogP contribution in [0.5, 0.6) is 0 Å². The summed E-state index contributed by atoms with van der Waals surface area (Å²) < 4.78 is 5.25. The number of nitro benzene ring substituents is 1. The van der Waals surface area contributed by atoms with Gasteiger partial charge >= 0.3 is 6.09 Å². The summed E-state index contributed by atoms with van der Waals surface area (Å²) in [6, 6.07) is 11.1. The molecule has 2 heterocycles. The lowest BCUT2D eigenvalue weighted by Crippen LogP contribution is -2.33. The predicted molar refractivity (Wildman–Crippen MR) is 112 cm³/mol. The maximum absolute atomic E-state index is 12.3. The molecule has 4 rings (SSSR count). The van der Waals surface area contributed by atoms with E-state index in [1.807, 2.05) is 0 Å². The molecule has 2 aromatic carbocycles. The SMILES string of the molecule is CC(=O)NCC1CN(c2ccc(/C=C3/C(=O)Nc4ccc([N+](=O)[O-])cc43)cc2)C(=O)O1. The molecule has 1 saturated heterocycles. The monoisotopic (exact) mass is 422 g/mol. The van der Waals surface area contributed by atoms with Gasteiger partial charge in [-0.25, -0.2) is 4.79 Å². The molecular formula is C21H18N4O6. The van der Waals surface area contributed by atoms with Gasteiger partial charge in [0.1, 0.15) is 6.10 Å². The Morgan fingerprint density at radius 3 is 2.71 bits per heavy atom. The molecule has 2 aromatic rings. The molecule has 10 nitrogen and oxygen atoms in total. The second kappa shape index (κ2) is 7.90. The Labute approximate surface area is 176 Å². The molecule has 1 fully saturated rings. The van der Waals surface area contributed by atoms with E-state index in [-0.39, 0.29) is 24.0 Å². The van der Waals surface area contributed by atoms with Crippen LogP contribution in [0, 0.1) is 10.1 Å². The molecule has 0 aliphatic carbocycles.